The summed E-state index contributed by atoms with van der Waals surface area (Å²) in [6.07, 6.45) is 0. The molecule has 0 spiro atoms. The van der Waals surface area contributed by atoms with E-state index in [-0.39, 0.29) is 5.41 Å². The minimum absolute atomic E-state index is 0.00695. The van der Waals surface area contributed by atoms with Crippen LogP contribution in [0.1, 0.15) is 37.5 Å². The molecule has 0 aliphatic rings. The summed E-state index contributed by atoms with van der Waals surface area (Å²) in [5, 5.41) is 42.5. The first-order valence-electron chi connectivity index (χ1n) is 23.7. The highest BCUT2D eigenvalue weighted by molar-refractivity contribution is 6.49. The van der Waals surface area contributed by atoms with Gasteiger partial charge in [0, 0.05) is 16.8 Å². The third-order valence-electron chi connectivity index (χ3n) is 15.1. The predicted octanol–water partition coefficient (Wildman–Crippen LogP) is 18.2. The summed E-state index contributed by atoms with van der Waals surface area (Å²) in [4.78, 5) is 2.25. The monoisotopic (exact) mass is 875 g/mol. The van der Waals surface area contributed by atoms with E-state index in [1.54, 1.807) is 0 Å². The number of nitrogens with zero attached hydrogens (tertiary/aromatic N) is 3. The van der Waals surface area contributed by atoms with Crippen molar-refractivity contribution in [2.75, 3.05) is 4.90 Å². The Morgan fingerprint density at radius 1 is 0.319 bits per heavy atom. The van der Waals surface area contributed by atoms with Crippen LogP contribution in [0.25, 0.3) is 119 Å². The van der Waals surface area contributed by atoms with E-state index in [0.29, 0.717) is 11.1 Å². The highest BCUT2D eigenvalue weighted by Crippen LogP contribution is 2.58. The molecule has 320 valence electrons. The Balaban J connectivity index is 1.17. The molecule has 14 aromatic rings. The lowest BCUT2D eigenvalue weighted by molar-refractivity contribution is 0.596. The highest BCUT2D eigenvalue weighted by Gasteiger charge is 2.30. The van der Waals surface area contributed by atoms with Crippen LogP contribution in [-0.2, 0) is 5.41 Å². The predicted molar refractivity (Wildman–Crippen MR) is 291 cm³/mol. The van der Waals surface area contributed by atoms with Gasteiger partial charge in [-0.2, -0.15) is 10.5 Å². The SMILES string of the molecule is CC(C)(C)c1ccc2c3ccc4c5c(-c6ccccc6)c6c7ccc(N(c8ccc(C#N)cc8)c8ccc(C#N)cc8)c8cccc(c6c(-c6ccccc6)c5c5ccc(c6cccc1c62)c3c54)c87. The lowest BCUT2D eigenvalue weighted by Crippen LogP contribution is -2.11. The van der Waals surface area contributed by atoms with Gasteiger partial charge in [-0.05, 0) is 179 Å². The Bertz CT molecular complexity index is 4290. The molecule has 0 aromatic heterocycles. The Kier molecular flexibility index (Phi) is 8.09. The van der Waals surface area contributed by atoms with Gasteiger partial charge in [0.15, 0.2) is 0 Å². The van der Waals surface area contributed by atoms with Crippen molar-refractivity contribution < 1.29 is 0 Å². The van der Waals surface area contributed by atoms with Gasteiger partial charge in [0.05, 0.1) is 29.0 Å². The molecule has 0 heterocycles. The van der Waals surface area contributed by atoms with Gasteiger partial charge in [-0.3, -0.25) is 0 Å². The van der Waals surface area contributed by atoms with Crippen LogP contribution in [0.15, 0.2) is 194 Å². The van der Waals surface area contributed by atoms with Gasteiger partial charge < -0.3 is 4.90 Å². The number of rotatable bonds is 5. The second kappa shape index (κ2) is 14.2. The first kappa shape index (κ1) is 39.2. The number of anilines is 3. The summed E-state index contributed by atoms with van der Waals surface area (Å²) in [7, 11) is 0. The van der Waals surface area contributed by atoms with E-state index in [2.05, 4.69) is 183 Å². The van der Waals surface area contributed by atoms with Crippen LogP contribution >= 0.6 is 0 Å². The molecule has 0 N–H and O–H groups in total. The summed E-state index contributed by atoms with van der Waals surface area (Å²) in [5.41, 5.74) is 10.3. The molecule has 0 amide bonds. The summed E-state index contributed by atoms with van der Waals surface area (Å²) in [6, 6.07) is 74.9. The van der Waals surface area contributed by atoms with Crippen molar-refractivity contribution in [3.05, 3.63) is 211 Å². The molecule has 0 atom stereocenters. The van der Waals surface area contributed by atoms with Gasteiger partial charge in [0.25, 0.3) is 0 Å². The summed E-state index contributed by atoms with van der Waals surface area (Å²) in [5.74, 6) is 0. The van der Waals surface area contributed by atoms with Crippen LogP contribution in [0, 0.1) is 22.7 Å². The van der Waals surface area contributed by atoms with Crippen molar-refractivity contribution in [2.24, 2.45) is 0 Å². The fraction of sp³-hybridized carbons (Fsp3) is 0.0606. The molecule has 0 saturated carbocycles. The summed E-state index contributed by atoms with van der Waals surface area (Å²) in [6.45, 7) is 6.96. The van der Waals surface area contributed by atoms with Crippen molar-refractivity contribution in [3.63, 3.8) is 0 Å². The molecule has 14 rings (SSSR count). The van der Waals surface area contributed by atoms with E-state index in [9.17, 15) is 10.5 Å². The van der Waals surface area contributed by atoms with Crippen LogP contribution in [0.2, 0.25) is 0 Å². The maximum atomic E-state index is 9.76. The van der Waals surface area contributed by atoms with Crippen LogP contribution in [0.4, 0.5) is 17.1 Å². The van der Waals surface area contributed by atoms with Crippen LogP contribution in [0.3, 0.4) is 0 Å². The normalized spacial score (nSPS) is 12.2. The van der Waals surface area contributed by atoms with Crippen molar-refractivity contribution >= 4 is 114 Å². The second-order valence-corrected chi connectivity index (χ2v) is 19.7. The average molecular weight is 876 g/mol. The number of fused-ring (bicyclic) bond motifs is 8. The van der Waals surface area contributed by atoms with Crippen molar-refractivity contribution in [3.8, 4) is 34.4 Å². The van der Waals surface area contributed by atoms with Gasteiger partial charge >= 0.3 is 0 Å². The molecule has 14 aromatic carbocycles. The fourth-order valence-corrected chi connectivity index (χ4v) is 12.3. The largest absolute Gasteiger partial charge is 0.310 e. The molecule has 0 radical (unpaired) electrons. The summed E-state index contributed by atoms with van der Waals surface area (Å²) < 4.78 is 0. The topological polar surface area (TPSA) is 50.8 Å². The lowest BCUT2D eigenvalue weighted by Gasteiger charge is -2.27. The maximum Gasteiger partial charge on any atom is 0.0991 e. The molecule has 69 heavy (non-hydrogen) atoms. The van der Waals surface area contributed by atoms with Gasteiger partial charge in [0.1, 0.15) is 0 Å². The second-order valence-electron chi connectivity index (χ2n) is 19.7. The molecular formula is C66H41N3. The quantitative estimate of drug-likeness (QED) is 0.128. The highest BCUT2D eigenvalue weighted by atomic mass is 15.1. The first-order valence-corrected chi connectivity index (χ1v) is 23.7. The van der Waals surface area contributed by atoms with Crippen LogP contribution in [-0.4, -0.2) is 0 Å². The van der Waals surface area contributed by atoms with Gasteiger partial charge in [-0.25, -0.2) is 0 Å². The Morgan fingerprint density at radius 2 is 0.696 bits per heavy atom. The van der Waals surface area contributed by atoms with Crippen molar-refractivity contribution in [2.45, 2.75) is 26.2 Å². The zero-order valence-electron chi connectivity index (χ0n) is 38.3. The maximum absolute atomic E-state index is 9.76. The van der Waals surface area contributed by atoms with Gasteiger partial charge in [0.2, 0.25) is 0 Å². The molecule has 3 heteroatoms. The minimum Gasteiger partial charge on any atom is -0.310 e. The van der Waals surface area contributed by atoms with E-state index < -0.39 is 0 Å². The standard InChI is InChI=1S/C66H41N3/c1-66(2,3)54-34-32-45-47-29-31-53-61-52(30-28-46(60(47)61)44-16-10-17-48(54)58(44)45)64-56(40-12-6-4-7-13-40)62-50-19-11-18-49-55(35-33-51(59(49)50)63(62)57(65(53)64)41-14-8-5-9-15-41)69(42-24-20-38(36-67)21-25-42)43-26-22-39(37-68)23-27-43/h4-35H,1-3H3. The van der Waals surface area contributed by atoms with Gasteiger partial charge in [-0.15, -0.1) is 0 Å². The van der Waals surface area contributed by atoms with Crippen LogP contribution < -0.4 is 4.90 Å². The molecule has 0 aliphatic heterocycles. The minimum atomic E-state index is 0.00695. The first-order chi connectivity index (χ1) is 33.8. The zero-order valence-corrected chi connectivity index (χ0v) is 38.3. The number of nitriles is 2. The lowest BCUT2D eigenvalue weighted by atomic mass is 9.80. The number of hydrogen-bond acceptors (Lipinski definition) is 3. The zero-order chi connectivity index (χ0) is 46.3. The van der Waals surface area contributed by atoms with E-state index in [0.717, 1.165) is 22.4 Å². The van der Waals surface area contributed by atoms with Crippen LogP contribution in [0.5, 0.6) is 0 Å². The van der Waals surface area contributed by atoms with Crippen molar-refractivity contribution in [1.29, 1.82) is 10.5 Å². The van der Waals surface area contributed by atoms with E-state index in [4.69, 9.17) is 0 Å². The Hall–Kier alpha value is -9.02. The Morgan fingerprint density at radius 3 is 1.22 bits per heavy atom. The van der Waals surface area contributed by atoms with Gasteiger partial charge in [-0.1, -0.05) is 160 Å². The number of benzene rings is 12. The third kappa shape index (κ3) is 5.36. The Labute approximate surface area is 398 Å². The summed E-state index contributed by atoms with van der Waals surface area (Å²) >= 11 is 0. The molecule has 0 fully saturated rings. The average Bonchev–Trinajstić information content (AvgIpc) is 3.91. The third-order valence-corrected chi connectivity index (χ3v) is 15.1. The van der Waals surface area contributed by atoms with Crippen molar-refractivity contribution in [1.82, 2.24) is 0 Å². The molecule has 0 bridgehead atoms. The molecule has 0 unspecified atom stereocenters. The number of hydrogen-bond donors (Lipinski definition) is 0. The molecule has 3 nitrogen and oxygen atoms in total. The molecular weight excluding hydrogens is 835 g/mol. The smallest absolute Gasteiger partial charge is 0.0991 e. The van der Waals surface area contributed by atoms with E-state index in [1.165, 1.54) is 119 Å². The molecule has 0 aliphatic carbocycles. The van der Waals surface area contributed by atoms with E-state index >= 15 is 0 Å². The molecule has 0 saturated heterocycles. The van der Waals surface area contributed by atoms with E-state index in [1.807, 2.05) is 48.5 Å². The fourth-order valence-electron chi connectivity index (χ4n) is 12.3.